The van der Waals surface area contributed by atoms with E-state index >= 15 is 0 Å². The Morgan fingerprint density at radius 3 is 2.09 bits per heavy atom. The number of carbonyl (C=O) groups excluding carboxylic acids is 1. The normalized spacial score (nSPS) is 11.4. The van der Waals surface area contributed by atoms with Gasteiger partial charge in [-0.25, -0.2) is 0 Å². The minimum Gasteiger partial charge on any atom is -0.494 e. The summed E-state index contributed by atoms with van der Waals surface area (Å²) in [6.45, 7) is 10.3. The van der Waals surface area contributed by atoms with E-state index in [-0.39, 0.29) is 11.4 Å². The van der Waals surface area contributed by atoms with Crippen LogP contribution in [0.4, 0.5) is 0 Å². The van der Waals surface area contributed by atoms with Gasteiger partial charge in [-0.1, -0.05) is 6.92 Å². The van der Waals surface area contributed by atoms with Gasteiger partial charge in [-0.3, -0.25) is 9.69 Å². The highest BCUT2D eigenvalue weighted by Gasteiger charge is 2.14. The number of rotatable bonds is 9. The molecule has 0 aliphatic rings. The van der Waals surface area contributed by atoms with Crippen molar-refractivity contribution in [2.75, 3.05) is 33.4 Å². The van der Waals surface area contributed by atoms with Crippen molar-refractivity contribution in [3.05, 3.63) is 24.3 Å². The molecule has 0 radical (unpaired) electrons. The molecule has 1 N–H and O–H groups in total. The molecule has 0 aliphatic heterocycles. The number of ether oxygens (including phenoxy) is 2. The van der Waals surface area contributed by atoms with Crippen LogP contribution in [0.2, 0.25) is 0 Å². The van der Waals surface area contributed by atoms with Crippen molar-refractivity contribution >= 4 is 5.91 Å². The molecule has 0 fully saturated rings. The van der Waals surface area contributed by atoms with Gasteiger partial charge >= 0.3 is 0 Å². The van der Waals surface area contributed by atoms with Gasteiger partial charge in [-0.15, -0.1) is 0 Å². The summed E-state index contributed by atoms with van der Waals surface area (Å²) in [5.41, 5.74) is -0.198. The number of carbonyl (C=O) groups is 1. The molecule has 0 heterocycles. The van der Waals surface area contributed by atoms with Crippen LogP contribution < -0.4 is 14.8 Å². The van der Waals surface area contributed by atoms with Gasteiger partial charge in [0.05, 0.1) is 13.2 Å². The predicted octanol–water partition coefficient (Wildman–Crippen LogP) is 2.70. The average molecular weight is 322 g/mol. The van der Waals surface area contributed by atoms with Crippen molar-refractivity contribution in [2.24, 2.45) is 0 Å². The summed E-state index contributed by atoms with van der Waals surface area (Å²) >= 11 is 0. The van der Waals surface area contributed by atoms with Gasteiger partial charge in [0.15, 0.2) is 0 Å². The Labute approximate surface area is 140 Å². The van der Waals surface area contributed by atoms with Crippen molar-refractivity contribution in [1.29, 1.82) is 0 Å². The quantitative estimate of drug-likeness (QED) is 0.759. The second kappa shape index (κ2) is 9.40. The molecule has 0 unspecified atom stereocenters. The Morgan fingerprint density at radius 2 is 1.61 bits per heavy atom. The largest absolute Gasteiger partial charge is 0.494 e. The molecule has 1 rings (SSSR count). The molecule has 5 heteroatoms. The maximum atomic E-state index is 11.8. The van der Waals surface area contributed by atoms with Crippen LogP contribution in [0, 0.1) is 0 Å². The van der Waals surface area contributed by atoms with E-state index in [1.165, 1.54) is 0 Å². The first-order valence-electron chi connectivity index (χ1n) is 8.15. The molecular formula is C18H30N2O3. The zero-order chi connectivity index (χ0) is 17.3. The number of nitrogens with one attached hydrogen (secondary N) is 1. The van der Waals surface area contributed by atoms with Crippen LogP contribution in [0.15, 0.2) is 24.3 Å². The van der Waals surface area contributed by atoms with E-state index in [4.69, 9.17) is 9.47 Å². The molecule has 0 aliphatic carbocycles. The number of hydrogen-bond acceptors (Lipinski definition) is 4. The second-order valence-corrected chi connectivity index (χ2v) is 6.70. The maximum Gasteiger partial charge on any atom is 0.234 e. The van der Waals surface area contributed by atoms with E-state index in [1.807, 2.05) is 57.0 Å². The summed E-state index contributed by atoms with van der Waals surface area (Å²) in [6, 6.07) is 7.62. The van der Waals surface area contributed by atoms with Crippen LogP contribution in [-0.4, -0.2) is 49.7 Å². The molecule has 1 aromatic carbocycles. The van der Waals surface area contributed by atoms with Gasteiger partial charge in [-0.05, 0) is 58.5 Å². The Hall–Kier alpha value is -1.75. The molecule has 1 aromatic rings. The van der Waals surface area contributed by atoms with Crippen LogP contribution in [0.25, 0.3) is 0 Å². The van der Waals surface area contributed by atoms with E-state index in [1.54, 1.807) is 0 Å². The second-order valence-electron chi connectivity index (χ2n) is 6.70. The van der Waals surface area contributed by atoms with E-state index in [0.717, 1.165) is 24.5 Å². The lowest BCUT2D eigenvalue weighted by Crippen LogP contribution is -2.45. The van der Waals surface area contributed by atoms with E-state index < -0.39 is 0 Å². The van der Waals surface area contributed by atoms with Gasteiger partial charge in [0.25, 0.3) is 0 Å². The fourth-order valence-electron chi connectivity index (χ4n) is 1.95. The Bertz CT molecular complexity index is 466. The van der Waals surface area contributed by atoms with Gasteiger partial charge in [0.1, 0.15) is 18.1 Å². The van der Waals surface area contributed by atoms with Crippen LogP contribution >= 0.6 is 0 Å². The SMILES string of the molecule is CCCOc1ccc(OCCN(C)CC(=O)NC(C)(C)C)cc1. The molecular weight excluding hydrogens is 292 g/mol. The van der Waals surface area contributed by atoms with Crippen molar-refractivity contribution < 1.29 is 14.3 Å². The summed E-state index contributed by atoms with van der Waals surface area (Å²) in [7, 11) is 1.91. The number of amides is 1. The highest BCUT2D eigenvalue weighted by molar-refractivity contribution is 5.78. The number of nitrogens with zero attached hydrogens (tertiary/aromatic N) is 1. The lowest BCUT2D eigenvalue weighted by Gasteiger charge is -2.23. The molecule has 0 saturated carbocycles. The van der Waals surface area contributed by atoms with E-state index in [9.17, 15) is 4.79 Å². The summed E-state index contributed by atoms with van der Waals surface area (Å²) in [5, 5.41) is 2.95. The highest BCUT2D eigenvalue weighted by Crippen LogP contribution is 2.17. The third kappa shape index (κ3) is 9.08. The first-order valence-corrected chi connectivity index (χ1v) is 8.15. The third-order valence-corrected chi connectivity index (χ3v) is 2.97. The molecule has 0 spiro atoms. The molecule has 23 heavy (non-hydrogen) atoms. The Kier molecular flexibility index (Phi) is 7.89. The summed E-state index contributed by atoms with van der Waals surface area (Å²) < 4.78 is 11.2. The molecule has 0 bridgehead atoms. The Balaban J connectivity index is 2.26. The molecule has 130 valence electrons. The van der Waals surface area contributed by atoms with Gasteiger partial charge in [0.2, 0.25) is 5.91 Å². The molecule has 1 amide bonds. The summed E-state index contributed by atoms with van der Waals surface area (Å²) in [5.74, 6) is 1.69. The minimum absolute atomic E-state index is 0.0254. The molecule has 0 aromatic heterocycles. The monoisotopic (exact) mass is 322 g/mol. The zero-order valence-electron chi connectivity index (χ0n) is 15.0. The summed E-state index contributed by atoms with van der Waals surface area (Å²) in [6.07, 6.45) is 0.993. The summed E-state index contributed by atoms with van der Waals surface area (Å²) in [4.78, 5) is 13.8. The minimum atomic E-state index is -0.198. The fourth-order valence-corrected chi connectivity index (χ4v) is 1.95. The van der Waals surface area contributed by atoms with Crippen molar-refractivity contribution in [1.82, 2.24) is 10.2 Å². The van der Waals surface area contributed by atoms with Crippen LogP contribution in [-0.2, 0) is 4.79 Å². The van der Waals surface area contributed by atoms with Gasteiger partial charge in [-0.2, -0.15) is 0 Å². The number of benzene rings is 1. The Morgan fingerprint density at radius 1 is 1.09 bits per heavy atom. The predicted molar refractivity (Wildman–Crippen MR) is 93.1 cm³/mol. The smallest absolute Gasteiger partial charge is 0.234 e. The molecule has 0 saturated heterocycles. The lowest BCUT2D eigenvalue weighted by molar-refractivity contribution is -0.123. The molecule has 0 atom stereocenters. The molecule has 5 nitrogen and oxygen atoms in total. The lowest BCUT2D eigenvalue weighted by atomic mass is 10.1. The maximum absolute atomic E-state index is 11.8. The van der Waals surface area contributed by atoms with Gasteiger partial charge in [0, 0.05) is 12.1 Å². The number of likely N-dealkylation sites (N-methyl/N-ethyl adjacent to an activating group) is 1. The topological polar surface area (TPSA) is 50.8 Å². The van der Waals surface area contributed by atoms with Crippen LogP contribution in [0.5, 0.6) is 11.5 Å². The average Bonchev–Trinajstić information content (AvgIpc) is 2.44. The standard InChI is InChI=1S/C18H30N2O3/c1-6-12-22-15-7-9-16(10-8-15)23-13-11-20(5)14-17(21)19-18(2,3)4/h7-10H,6,11-14H2,1-5H3,(H,19,21). The fraction of sp³-hybridized carbons (Fsp3) is 0.611. The zero-order valence-corrected chi connectivity index (χ0v) is 15.0. The first kappa shape index (κ1) is 19.3. The number of hydrogen-bond donors (Lipinski definition) is 1. The van der Waals surface area contributed by atoms with E-state index in [0.29, 0.717) is 19.7 Å². The third-order valence-electron chi connectivity index (χ3n) is 2.97. The van der Waals surface area contributed by atoms with Crippen molar-refractivity contribution in [3.63, 3.8) is 0 Å². The van der Waals surface area contributed by atoms with E-state index in [2.05, 4.69) is 12.2 Å². The van der Waals surface area contributed by atoms with Crippen molar-refractivity contribution in [3.8, 4) is 11.5 Å². The van der Waals surface area contributed by atoms with Crippen molar-refractivity contribution in [2.45, 2.75) is 39.7 Å². The highest BCUT2D eigenvalue weighted by atomic mass is 16.5. The van der Waals surface area contributed by atoms with Crippen LogP contribution in [0.3, 0.4) is 0 Å². The van der Waals surface area contributed by atoms with Crippen LogP contribution in [0.1, 0.15) is 34.1 Å². The van der Waals surface area contributed by atoms with Gasteiger partial charge < -0.3 is 14.8 Å². The first-order chi connectivity index (χ1) is 10.8.